The summed E-state index contributed by atoms with van der Waals surface area (Å²) in [6.07, 6.45) is 11.0. The first-order valence-corrected chi connectivity index (χ1v) is 14.3. The Bertz CT molecular complexity index is 231. The number of hydrogen-bond donors (Lipinski definition) is 1. The van der Waals surface area contributed by atoms with Gasteiger partial charge in [0.05, 0.1) is 13.0 Å². The molecule has 138 valence electrons. The summed E-state index contributed by atoms with van der Waals surface area (Å²) in [4.78, 5) is 11.1. The fourth-order valence-electron chi connectivity index (χ4n) is 2.00. The van der Waals surface area contributed by atoms with E-state index in [4.69, 9.17) is 4.74 Å². The molecule has 0 aromatic heterocycles. The molecule has 0 bridgehead atoms. The van der Waals surface area contributed by atoms with Crippen molar-refractivity contribution < 1.29 is 9.53 Å². The molecule has 2 radical (unpaired) electrons. The number of rotatable bonds is 14. The third-order valence-corrected chi connectivity index (χ3v) is 8.01. The van der Waals surface area contributed by atoms with Gasteiger partial charge in [-0.15, -0.1) is 0 Å². The SMILES string of the molecule is CCCCC(CC)COC(=O)CCS.CCC[CH2][Sn][CH2]CCC. The molecule has 0 aromatic carbocycles. The van der Waals surface area contributed by atoms with Crippen LogP contribution in [0.4, 0.5) is 0 Å². The average molecular weight is 451 g/mol. The van der Waals surface area contributed by atoms with Crippen molar-refractivity contribution in [1.29, 1.82) is 0 Å². The van der Waals surface area contributed by atoms with Crippen LogP contribution in [0.25, 0.3) is 0 Å². The molecule has 0 fully saturated rings. The Morgan fingerprint density at radius 1 is 1.00 bits per heavy atom. The molecule has 0 N–H and O–H groups in total. The Balaban J connectivity index is 0. The molecule has 2 nitrogen and oxygen atoms in total. The molecule has 0 rings (SSSR count). The zero-order chi connectivity index (χ0) is 17.8. The molecule has 0 aliphatic carbocycles. The maximum absolute atomic E-state index is 11.1. The van der Waals surface area contributed by atoms with Crippen LogP contribution in [-0.2, 0) is 9.53 Å². The summed E-state index contributed by atoms with van der Waals surface area (Å²) in [6.45, 7) is 9.49. The van der Waals surface area contributed by atoms with Crippen LogP contribution in [0.1, 0.15) is 85.5 Å². The molecule has 0 spiro atoms. The van der Waals surface area contributed by atoms with E-state index in [0.29, 0.717) is 24.7 Å². The Kier molecular flexibility index (Phi) is 25.4. The van der Waals surface area contributed by atoms with E-state index in [1.165, 1.54) is 44.9 Å². The molecular weight excluding hydrogens is 411 g/mol. The van der Waals surface area contributed by atoms with Crippen molar-refractivity contribution in [2.45, 2.75) is 94.4 Å². The summed E-state index contributed by atoms with van der Waals surface area (Å²) in [5.74, 6) is 0.999. The van der Waals surface area contributed by atoms with Crippen LogP contribution in [0.5, 0.6) is 0 Å². The van der Waals surface area contributed by atoms with Crippen molar-refractivity contribution in [3.05, 3.63) is 0 Å². The minimum atomic E-state index is -0.116. The molecular formula is C19H40O2SSn. The third-order valence-electron chi connectivity index (χ3n) is 3.75. The predicted molar refractivity (Wildman–Crippen MR) is 108 cm³/mol. The number of carbonyl (C=O) groups is 1. The first-order chi connectivity index (χ1) is 11.2. The fourth-order valence-corrected chi connectivity index (χ4v) is 6.34. The topological polar surface area (TPSA) is 26.3 Å². The molecule has 0 heterocycles. The van der Waals surface area contributed by atoms with Gasteiger partial charge >= 0.3 is 75.5 Å². The van der Waals surface area contributed by atoms with Crippen molar-refractivity contribution in [2.75, 3.05) is 12.4 Å². The second-order valence-corrected chi connectivity index (χ2v) is 10.8. The number of esters is 1. The van der Waals surface area contributed by atoms with E-state index in [1.807, 2.05) is 0 Å². The third kappa shape index (κ3) is 22.6. The van der Waals surface area contributed by atoms with Crippen LogP contribution in [0.3, 0.4) is 0 Å². The first kappa shape index (κ1) is 25.9. The molecule has 1 atom stereocenters. The van der Waals surface area contributed by atoms with Crippen molar-refractivity contribution in [2.24, 2.45) is 5.92 Å². The van der Waals surface area contributed by atoms with Gasteiger partial charge in [-0.25, -0.2) is 0 Å². The van der Waals surface area contributed by atoms with Gasteiger partial charge in [0.15, 0.2) is 0 Å². The average Bonchev–Trinajstić information content (AvgIpc) is 2.56. The molecule has 4 heteroatoms. The molecule has 0 amide bonds. The van der Waals surface area contributed by atoms with Crippen molar-refractivity contribution >= 4 is 39.7 Å². The molecule has 0 saturated heterocycles. The van der Waals surface area contributed by atoms with E-state index < -0.39 is 0 Å². The zero-order valence-electron chi connectivity index (χ0n) is 16.0. The Morgan fingerprint density at radius 3 is 2.00 bits per heavy atom. The van der Waals surface area contributed by atoms with Gasteiger partial charge in [0.2, 0.25) is 0 Å². The van der Waals surface area contributed by atoms with Gasteiger partial charge in [0, 0.05) is 5.75 Å². The molecule has 0 saturated carbocycles. The Hall–Kier alpha value is 0.619. The van der Waals surface area contributed by atoms with Gasteiger partial charge in [-0.05, 0) is 12.3 Å². The maximum atomic E-state index is 11.1. The number of hydrogen-bond acceptors (Lipinski definition) is 3. The number of thiol groups is 1. The minimum absolute atomic E-state index is 0.116. The quantitative estimate of drug-likeness (QED) is 0.148. The normalized spacial score (nSPS) is 11.5. The van der Waals surface area contributed by atoms with Crippen LogP contribution < -0.4 is 0 Å². The van der Waals surface area contributed by atoms with E-state index in [9.17, 15) is 4.79 Å². The van der Waals surface area contributed by atoms with Crippen LogP contribution >= 0.6 is 12.6 Å². The van der Waals surface area contributed by atoms with Crippen molar-refractivity contribution in [3.63, 3.8) is 0 Å². The van der Waals surface area contributed by atoms with Crippen LogP contribution in [-0.4, -0.2) is 39.5 Å². The zero-order valence-corrected chi connectivity index (χ0v) is 19.8. The first-order valence-electron chi connectivity index (χ1n) is 9.63. The standard InChI is InChI=1S/C11H22O2S.2C4H9.Sn/c1-3-5-6-10(4-2)9-13-11(12)7-8-14;2*1-3-4-2;/h10,14H,3-9H2,1-2H3;2*1,3-4H2,2H3;. The summed E-state index contributed by atoms with van der Waals surface area (Å²) >= 11 is 4.13. The van der Waals surface area contributed by atoms with Gasteiger partial charge in [-0.1, -0.05) is 33.1 Å². The Morgan fingerprint density at radius 2 is 1.57 bits per heavy atom. The van der Waals surface area contributed by atoms with Gasteiger partial charge < -0.3 is 4.74 Å². The van der Waals surface area contributed by atoms with Gasteiger partial charge in [0.1, 0.15) is 0 Å². The second kappa shape index (κ2) is 22.6. The monoisotopic (exact) mass is 452 g/mol. The van der Waals surface area contributed by atoms with Crippen molar-refractivity contribution in [1.82, 2.24) is 0 Å². The van der Waals surface area contributed by atoms with Crippen LogP contribution in [0.2, 0.25) is 8.87 Å². The van der Waals surface area contributed by atoms with E-state index >= 15 is 0 Å². The summed E-state index contributed by atoms with van der Waals surface area (Å²) in [5.41, 5.74) is 0. The molecule has 1 unspecified atom stereocenters. The Labute approximate surface area is 161 Å². The number of unbranched alkanes of at least 4 members (excludes halogenated alkanes) is 3. The van der Waals surface area contributed by atoms with Crippen LogP contribution in [0.15, 0.2) is 0 Å². The van der Waals surface area contributed by atoms with Crippen molar-refractivity contribution in [3.8, 4) is 0 Å². The number of ether oxygens (including phenoxy) is 1. The summed E-state index contributed by atoms with van der Waals surface area (Å²) in [5, 5.41) is 0. The summed E-state index contributed by atoms with van der Waals surface area (Å²) in [7, 11) is 0. The second-order valence-electron chi connectivity index (χ2n) is 6.03. The van der Waals surface area contributed by atoms with Gasteiger partial charge in [-0.2, -0.15) is 12.6 Å². The van der Waals surface area contributed by atoms with Crippen LogP contribution in [0, 0.1) is 5.92 Å². The van der Waals surface area contributed by atoms with E-state index in [0.717, 1.165) is 6.42 Å². The predicted octanol–water partition coefficient (Wildman–Crippen LogP) is 6.19. The van der Waals surface area contributed by atoms with E-state index in [2.05, 4.69) is 40.3 Å². The summed E-state index contributed by atoms with van der Waals surface area (Å²) < 4.78 is 8.39. The van der Waals surface area contributed by atoms with Gasteiger partial charge in [0.25, 0.3) is 0 Å². The fraction of sp³-hybridized carbons (Fsp3) is 0.947. The summed E-state index contributed by atoms with van der Waals surface area (Å²) in [6, 6.07) is 0. The molecule has 0 aromatic rings. The van der Waals surface area contributed by atoms with Gasteiger partial charge in [-0.3, -0.25) is 4.79 Å². The van der Waals surface area contributed by atoms with E-state index in [1.54, 1.807) is 8.87 Å². The molecule has 0 aliphatic heterocycles. The molecule has 0 aliphatic rings. The molecule has 23 heavy (non-hydrogen) atoms. The van der Waals surface area contributed by atoms with E-state index in [-0.39, 0.29) is 27.1 Å². The number of carbonyl (C=O) groups excluding carboxylic acids is 1.